The third-order valence-electron chi connectivity index (χ3n) is 2.71. The first-order valence-electron chi connectivity index (χ1n) is 5.14. The van der Waals surface area contributed by atoms with Crippen molar-refractivity contribution in [1.29, 1.82) is 0 Å². The fraction of sp³-hybridized carbons (Fsp3) is 0.364. The molecule has 0 fully saturated rings. The Labute approximate surface area is 109 Å². The van der Waals surface area contributed by atoms with Crippen LogP contribution in [0.25, 0.3) is 0 Å². The van der Waals surface area contributed by atoms with Gasteiger partial charge in [0, 0.05) is 12.1 Å². The number of rotatable bonds is 3. The molecule has 6 heteroatoms. The predicted molar refractivity (Wildman–Crippen MR) is 70.2 cm³/mol. The molecule has 90 valence electrons. The summed E-state index contributed by atoms with van der Waals surface area (Å²) in [6.45, 7) is 1.99. The highest BCUT2D eigenvalue weighted by Crippen LogP contribution is 2.39. The van der Waals surface area contributed by atoms with Crippen LogP contribution in [0.5, 0.6) is 0 Å². The highest BCUT2D eigenvalue weighted by molar-refractivity contribution is 8.04. The maximum atomic E-state index is 12.2. The number of thioether (sulfide) groups is 1. The summed E-state index contributed by atoms with van der Waals surface area (Å²) >= 11 is 7.36. The van der Waals surface area contributed by atoms with Gasteiger partial charge in [0.2, 0.25) is 0 Å². The highest BCUT2D eigenvalue weighted by Gasteiger charge is 2.30. The monoisotopic (exact) mass is 269 g/mol. The maximum Gasteiger partial charge on any atom is 0.181 e. The van der Waals surface area contributed by atoms with Crippen LogP contribution in [0.3, 0.4) is 0 Å². The van der Waals surface area contributed by atoms with Gasteiger partial charge in [-0.1, -0.05) is 0 Å². The van der Waals surface area contributed by atoms with Crippen molar-refractivity contribution in [1.82, 2.24) is 9.97 Å². The molecule has 0 aliphatic carbocycles. The number of hydrogen-bond acceptors (Lipinski definition) is 5. The number of carbonyl (C=O) groups is 1. The first kappa shape index (κ1) is 12.4. The summed E-state index contributed by atoms with van der Waals surface area (Å²) in [5.74, 6) is 0.693. The molecule has 1 aliphatic heterocycles. The van der Waals surface area contributed by atoms with E-state index >= 15 is 0 Å². The minimum absolute atomic E-state index is 0.0208. The van der Waals surface area contributed by atoms with Crippen molar-refractivity contribution in [2.45, 2.75) is 18.6 Å². The molecular weight excluding hydrogens is 258 g/mol. The molecule has 1 unspecified atom stereocenters. The standard InChI is InChI=1S/C11H12ClN3OS/c1-6-7(3-12)2-9(17-6)10(16)8-4-14-5-15-11(8)13/h4-5,9H,2-3H2,1H3,(H2,13,14,15). The number of ketones is 1. The van der Waals surface area contributed by atoms with E-state index < -0.39 is 0 Å². The van der Waals surface area contributed by atoms with E-state index in [-0.39, 0.29) is 16.9 Å². The fourth-order valence-electron chi connectivity index (χ4n) is 1.70. The quantitative estimate of drug-likeness (QED) is 0.673. The summed E-state index contributed by atoms with van der Waals surface area (Å²) in [6, 6.07) is 0. The lowest BCUT2D eigenvalue weighted by molar-refractivity contribution is 0.0990. The number of carbonyl (C=O) groups excluding carboxylic acids is 1. The summed E-state index contributed by atoms with van der Waals surface area (Å²) in [4.78, 5) is 21.0. The van der Waals surface area contributed by atoms with Crippen LogP contribution in [-0.4, -0.2) is 26.9 Å². The number of anilines is 1. The molecule has 1 aromatic heterocycles. The van der Waals surface area contributed by atoms with E-state index in [2.05, 4.69) is 9.97 Å². The number of nitrogens with zero attached hydrogens (tertiary/aromatic N) is 2. The normalized spacial score (nSPS) is 19.8. The van der Waals surface area contributed by atoms with Gasteiger partial charge in [-0.25, -0.2) is 9.97 Å². The Morgan fingerprint density at radius 3 is 3.06 bits per heavy atom. The Balaban J connectivity index is 2.17. The average molecular weight is 270 g/mol. The Hall–Kier alpha value is -1.07. The zero-order valence-corrected chi connectivity index (χ0v) is 10.9. The predicted octanol–water partition coefficient (Wildman–Crippen LogP) is 2.26. The first-order valence-corrected chi connectivity index (χ1v) is 6.55. The molecule has 4 nitrogen and oxygen atoms in total. The van der Waals surface area contributed by atoms with E-state index in [0.29, 0.717) is 17.9 Å². The highest BCUT2D eigenvalue weighted by atomic mass is 35.5. The zero-order chi connectivity index (χ0) is 12.4. The maximum absolute atomic E-state index is 12.2. The van der Waals surface area contributed by atoms with Gasteiger partial charge in [0.05, 0.1) is 10.8 Å². The van der Waals surface area contributed by atoms with Gasteiger partial charge in [-0.15, -0.1) is 23.4 Å². The van der Waals surface area contributed by atoms with Crippen molar-refractivity contribution < 1.29 is 4.79 Å². The second-order valence-corrected chi connectivity index (χ2v) is 5.47. The lowest BCUT2D eigenvalue weighted by Crippen LogP contribution is -2.17. The second kappa shape index (κ2) is 5.06. The van der Waals surface area contributed by atoms with Gasteiger partial charge in [0.1, 0.15) is 12.1 Å². The van der Waals surface area contributed by atoms with Crippen LogP contribution in [0, 0.1) is 0 Å². The Kier molecular flexibility index (Phi) is 3.69. The largest absolute Gasteiger partial charge is 0.383 e. The number of allylic oxidation sites excluding steroid dienone is 2. The number of nitrogen functional groups attached to an aromatic ring is 1. The number of Topliss-reactive ketones (excluding diaryl/α,β-unsaturated/α-hetero) is 1. The lowest BCUT2D eigenvalue weighted by Gasteiger charge is -2.09. The summed E-state index contributed by atoms with van der Waals surface area (Å²) in [5.41, 5.74) is 7.20. The van der Waals surface area contributed by atoms with Gasteiger partial charge in [-0.05, 0) is 23.8 Å². The third-order valence-corrected chi connectivity index (χ3v) is 4.34. The third kappa shape index (κ3) is 2.45. The Bertz CT molecular complexity index is 489. The van der Waals surface area contributed by atoms with E-state index in [9.17, 15) is 4.79 Å². The molecule has 0 spiro atoms. The smallest absolute Gasteiger partial charge is 0.181 e. The zero-order valence-electron chi connectivity index (χ0n) is 9.31. The molecule has 0 bridgehead atoms. The van der Waals surface area contributed by atoms with Crippen LogP contribution in [-0.2, 0) is 0 Å². The van der Waals surface area contributed by atoms with E-state index in [1.165, 1.54) is 12.5 Å². The van der Waals surface area contributed by atoms with E-state index in [1.807, 2.05) is 6.92 Å². The van der Waals surface area contributed by atoms with Crippen LogP contribution in [0.15, 0.2) is 23.0 Å². The van der Waals surface area contributed by atoms with Crippen molar-refractivity contribution in [3.8, 4) is 0 Å². The van der Waals surface area contributed by atoms with Crippen LogP contribution < -0.4 is 5.73 Å². The summed E-state index contributed by atoms with van der Waals surface area (Å²) in [7, 11) is 0. The molecule has 2 rings (SSSR count). The summed E-state index contributed by atoms with van der Waals surface area (Å²) in [6.07, 6.45) is 3.49. The van der Waals surface area contributed by atoms with Crippen LogP contribution >= 0.6 is 23.4 Å². The molecule has 0 radical (unpaired) electrons. The van der Waals surface area contributed by atoms with Gasteiger partial charge >= 0.3 is 0 Å². The fourth-order valence-corrected chi connectivity index (χ4v) is 3.36. The second-order valence-electron chi connectivity index (χ2n) is 3.79. The first-order chi connectivity index (χ1) is 8.13. The molecule has 0 aromatic carbocycles. The number of hydrogen-bond donors (Lipinski definition) is 1. The molecule has 0 saturated carbocycles. The minimum Gasteiger partial charge on any atom is -0.383 e. The number of aromatic nitrogens is 2. The Morgan fingerprint density at radius 2 is 2.47 bits per heavy atom. The minimum atomic E-state index is -0.142. The molecule has 1 aromatic rings. The molecule has 2 N–H and O–H groups in total. The molecule has 17 heavy (non-hydrogen) atoms. The molecule has 1 aliphatic rings. The molecular formula is C11H12ClN3OS. The summed E-state index contributed by atoms with van der Waals surface area (Å²) in [5, 5.41) is -0.142. The van der Waals surface area contributed by atoms with Gasteiger partial charge in [-0.3, -0.25) is 4.79 Å². The van der Waals surface area contributed by atoms with Crippen molar-refractivity contribution in [2.24, 2.45) is 0 Å². The van der Waals surface area contributed by atoms with E-state index in [0.717, 1.165) is 10.5 Å². The molecule has 0 amide bonds. The molecule has 2 heterocycles. The van der Waals surface area contributed by atoms with Crippen molar-refractivity contribution in [3.63, 3.8) is 0 Å². The van der Waals surface area contributed by atoms with Crippen molar-refractivity contribution >= 4 is 35.0 Å². The number of halogens is 1. The van der Waals surface area contributed by atoms with Crippen molar-refractivity contribution in [3.05, 3.63) is 28.6 Å². The van der Waals surface area contributed by atoms with Crippen LogP contribution in [0.4, 0.5) is 5.82 Å². The van der Waals surface area contributed by atoms with Gasteiger partial charge in [0.15, 0.2) is 5.78 Å². The van der Waals surface area contributed by atoms with E-state index in [1.54, 1.807) is 11.8 Å². The van der Waals surface area contributed by atoms with Crippen molar-refractivity contribution in [2.75, 3.05) is 11.6 Å². The average Bonchev–Trinajstić information content (AvgIpc) is 2.70. The van der Waals surface area contributed by atoms with Crippen LogP contribution in [0.1, 0.15) is 23.7 Å². The topological polar surface area (TPSA) is 68.9 Å². The molecule has 0 saturated heterocycles. The van der Waals surface area contributed by atoms with Gasteiger partial charge in [-0.2, -0.15) is 0 Å². The lowest BCUT2D eigenvalue weighted by atomic mass is 10.0. The summed E-state index contributed by atoms with van der Waals surface area (Å²) < 4.78 is 0. The van der Waals surface area contributed by atoms with Gasteiger partial charge in [0.25, 0.3) is 0 Å². The molecule has 1 atom stereocenters. The van der Waals surface area contributed by atoms with Crippen LogP contribution in [0.2, 0.25) is 0 Å². The van der Waals surface area contributed by atoms with E-state index in [4.69, 9.17) is 17.3 Å². The van der Waals surface area contributed by atoms with Gasteiger partial charge < -0.3 is 5.73 Å². The Morgan fingerprint density at radius 1 is 1.71 bits per heavy atom. The number of nitrogens with two attached hydrogens (primary N) is 1. The number of alkyl halides is 1. The SMILES string of the molecule is CC1=C(CCl)CC(C(=O)c2cncnc2N)S1.